The van der Waals surface area contributed by atoms with Crippen molar-refractivity contribution in [3.8, 4) is 0 Å². The van der Waals surface area contributed by atoms with Crippen molar-refractivity contribution < 1.29 is 0 Å². The molecular weight excluding hydrogens is 340 g/mol. The van der Waals surface area contributed by atoms with Crippen molar-refractivity contribution in [2.75, 3.05) is 0 Å². The first-order valence-corrected chi connectivity index (χ1v) is 9.49. The van der Waals surface area contributed by atoms with E-state index >= 15 is 0 Å². The summed E-state index contributed by atoms with van der Waals surface area (Å²) in [5, 5.41) is 9.65. The molecular formula is C26H22N2. The summed E-state index contributed by atoms with van der Waals surface area (Å²) in [7, 11) is 0. The Bertz CT molecular complexity index is 914. The minimum atomic E-state index is -0.682. The molecule has 0 heterocycles. The van der Waals surface area contributed by atoms with Gasteiger partial charge in [-0.05, 0) is 22.3 Å². The number of rotatable bonds is 6. The third kappa shape index (κ3) is 3.63. The van der Waals surface area contributed by atoms with Gasteiger partial charge in [-0.1, -0.05) is 121 Å². The Hall–Kier alpha value is -3.52. The molecule has 0 N–H and O–H groups in total. The first kappa shape index (κ1) is 17.9. The number of nitrogens with zero attached hydrogens (tertiary/aromatic N) is 2. The second-order valence-corrected chi connectivity index (χ2v) is 6.69. The maximum atomic E-state index is 4.99. The Morgan fingerprint density at radius 1 is 0.464 bits per heavy atom. The fourth-order valence-corrected chi connectivity index (χ4v) is 3.52. The van der Waals surface area contributed by atoms with Crippen LogP contribution in [0.1, 0.15) is 22.3 Å². The molecule has 0 atom stereocenters. The average Bonchev–Trinajstić information content (AvgIpc) is 2.79. The predicted molar refractivity (Wildman–Crippen MR) is 114 cm³/mol. The molecule has 2 heteroatoms. The highest BCUT2D eigenvalue weighted by atomic mass is 15.2. The van der Waals surface area contributed by atoms with Gasteiger partial charge in [0.2, 0.25) is 0 Å². The van der Waals surface area contributed by atoms with Crippen molar-refractivity contribution >= 4 is 0 Å². The molecule has 0 fully saturated rings. The van der Waals surface area contributed by atoms with Gasteiger partial charge in [-0.3, -0.25) is 0 Å². The van der Waals surface area contributed by atoms with E-state index in [4.69, 9.17) is 5.11 Å². The van der Waals surface area contributed by atoms with Crippen LogP contribution in [0.5, 0.6) is 0 Å². The van der Waals surface area contributed by atoms with Crippen LogP contribution in [0.15, 0.2) is 132 Å². The predicted octanol–water partition coefficient (Wildman–Crippen LogP) is 6.63. The summed E-state index contributed by atoms with van der Waals surface area (Å²) in [6.45, 7) is 0.551. The smallest absolute Gasteiger partial charge is 0.156 e. The summed E-state index contributed by atoms with van der Waals surface area (Å²) in [5.74, 6) is 0. The summed E-state index contributed by atoms with van der Waals surface area (Å²) >= 11 is 0. The van der Waals surface area contributed by atoms with Crippen LogP contribution in [0.25, 0.3) is 0 Å². The largest absolute Gasteiger partial charge is 0.188 e. The molecule has 4 rings (SSSR count). The number of hydrogen-bond acceptors (Lipinski definition) is 2. The molecule has 0 aromatic heterocycles. The van der Waals surface area contributed by atoms with E-state index in [1.54, 1.807) is 0 Å². The van der Waals surface area contributed by atoms with E-state index in [9.17, 15) is 0 Å². The molecule has 0 unspecified atom stereocenters. The normalized spacial score (nSPS) is 11.6. The third-order valence-corrected chi connectivity index (χ3v) is 4.89. The van der Waals surface area contributed by atoms with Crippen LogP contribution < -0.4 is 0 Å². The van der Waals surface area contributed by atoms with E-state index in [1.807, 2.05) is 36.4 Å². The van der Waals surface area contributed by atoms with Gasteiger partial charge >= 0.3 is 0 Å². The number of azo groups is 1. The number of hydrogen-bond donors (Lipinski definition) is 0. The molecule has 0 amide bonds. The minimum Gasteiger partial charge on any atom is -0.188 e. The van der Waals surface area contributed by atoms with Gasteiger partial charge in [0, 0.05) is 0 Å². The molecule has 0 bridgehead atoms. The summed E-state index contributed by atoms with van der Waals surface area (Å²) < 4.78 is 0. The molecule has 28 heavy (non-hydrogen) atoms. The minimum absolute atomic E-state index is 0.551. The molecule has 0 saturated carbocycles. The molecule has 0 aliphatic carbocycles. The zero-order valence-electron chi connectivity index (χ0n) is 15.6. The lowest BCUT2D eigenvalue weighted by Crippen LogP contribution is -2.26. The fraction of sp³-hybridized carbons (Fsp3) is 0.0769. The Kier molecular flexibility index (Phi) is 5.39. The van der Waals surface area contributed by atoms with Gasteiger partial charge < -0.3 is 0 Å². The van der Waals surface area contributed by atoms with Crippen LogP contribution in [0.4, 0.5) is 0 Å². The van der Waals surface area contributed by atoms with Gasteiger partial charge in [-0.25, -0.2) is 0 Å². The first-order valence-electron chi connectivity index (χ1n) is 9.49. The standard InChI is InChI=1S/C26H22N2/c1-5-13-22(14-6-1)21-27-28-26(23-15-7-2-8-16-23,24-17-9-3-10-18-24)25-19-11-4-12-20-25/h1-20H,21H2. The molecule has 136 valence electrons. The van der Waals surface area contributed by atoms with Gasteiger partial charge in [0.1, 0.15) is 0 Å². The Balaban J connectivity index is 1.88. The maximum Gasteiger partial charge on any atom is 0.156 e. The topological polar surface area (TPSA) is 24.7 Å². The second-order valence-electron chi connectivity index (χ2n) is 6.69. The van der Waals surface area contributed by atoms with Crippen LogP contribution in [0, 0.1) is 0 Å². The van der Waals surface area contributed by atoms with Gasteiger partial charge in [-0.2, -0.15) is 10.2 Å². The molecule has 0 radical (unpaired) electrons. The second kappa shape index (κ2) is 8.45. The summed E-state index contributed by atoms with van der Waals surface area (Å²) in [4.78, 5) is 0. The van der Waals surface area contributed by atoms with Crippen molar-refractivity contribution in [2.45, 2.75) is 12.1 Å². The molecule has 0 saturated heterocycles. The third-order valence-electron chi connectivity index (χ3n) is 4.89. The SMILES string of the molecule is c1ccc(CN=NC(c2ccccc2)(c2ccccc2)c2ccccc2)cc1. The molecule has 0 aliphatic heterocycles. The van der Waals surface area contributed by atoms with Crippen LogP contribution in [-0.2, 0) is 12.1 Å². The zero-order valence-corrected chi connectivity index (χ0v) is 15.6. The summed E-state index contributed by atoms with van der Waals surface area (Å²) in [6, 6.07) is 41.4. The quantitative estimate of drug-likeness (QED) is 0.272. The van der Waals surface area contributed by atoms with E-state index < -0.39 is 5.54 Å². The number of benzene rings is 4. The van der Waals surface area contributed by atoms with E-state index in [0.717, 1.165) is 22.3 Å². The van der Waals surface area contributed by atoms with Gasteiger partial charge in [0.05, 0.1) is 6.54 Å². The maximum absolute atomic E-state index is 4.99. The van der Waals surface area contributed by atoms with Crippen LogP contribution in [0.2, 0.25) is 0 Å². The highest BCUT2D eigenvalue weighted by Gasteiger charge is 2.36. The van der Waals surface area contributed by atoms with Crippen molar-refractivity contribution in [1.82, 2.24) is 0 Å². The first-order chi connectivity index (χ1) is 13.9. The molecule has 0 aliphatic rings. The average molecular weight is 362 g/mol. The molecule has 2 nitrogen and oxygen atoms in total. The molecule has 4 aromatic rings. The van der Waals surface area contributed by atoms with Gasteiger partial charge in [0.15, 0.2) is 5.54 Å². The van der Waals surface area contributed by atoms with Crippen molar-refractivity contribution in [3.05, 3.63) is 144 Å². The van der Waals surface area contributed by atoms with Crippen molar-refractivity contribution in [1.29, 1.82) is 0 Å². The van der Waals surface area contributed by atoms with Gasteiger partial charge in [-0.15, -0.1) is 0 Å². The van der Waals surface area contributed by atoms with Crippen LogP contribution in [0.3, 0.4) is 0 Å². The van der Waals surface area contributed by atoms with Crippen molar-refractivity contribution in [3.63, 3.8) is 0 Å². The van der Waals surface area contributed by atoms with Gasteiger partial charge in [0.25, 0.3) is 0 Å². The summed E-state index contributed by atoms with van der Waals surface area (Å²) in [6.07, 6.45) is 0. The molecule has 4 aromatic carbocycles. The van der Waals surface area contributed by atoms with E-state index in [1.165, 1.54) is 0 Å². The Labute approximate surface area is 166 Å². The highest BCUT2D eigenvalue weighted by molar-refractivity contribution is 5.49. The van der Waals surface area contributed by atoms with E-state index in [0.29, 0.717) is 6.54 Å². The molecule has 0 spiro atoms. The van der Waals surface area contributed by atoms with Crippen molar-refractivity contribution in [2.24, 2.45) is 10.2 Å². The summed E-state index contributed by atoms with van der Waals surface area (Å²) in [5.41, 5.74) is 3.77. The Morgan fingerprint density at radius 2 is 0.821 bits per heavy atom. The fourth-order valence-electron chi connectivity index (χ4n) is 3.52. The highest BCUT2D eigenvalue weighted by Crippen LogP contribution is 2.40. The van der Waals surface area contributed by atoms with Crippen LogP contribution in [-0.4, -0.2) is 0 Å². The van der Waals surface area contributed by atoms with Crippen LogP contribution >= 0.6 is 0 Å². The monoisotopic (exact) mass is 362 g/mol. The lowest BCUT2D eigenvalue weighted by Gasteiger charge is -2.30. The zero-order chi connectivity index (χ0) is 19.1. The lowest BCUT2D eigenvalue weighted by molar-refractivity contribution is 0.597. The van der Waals surface area contributed by atoms with E-state index in [-0.39, 0.29) is 0 Å². The lowest BCUT2D eigenvalue weighted by atomic mass is 9.78. The Morgan fingerprint density at radius 3 is 1.21 bits per heavy atom. The van der Waals surface area contributed by atoms with E-state index in [2.05, 4.69) is 90.0 Å².